The average Bonchev–Trinajstić information content (AvgIpc) is 2.85. The molecule has 0 spiro atoms. The van der Waals surface area contributed by atoms with Gasteiger partial charge in [-0.3, -0.25) is 10.1 Å². The number of benzene rings is 1. The maximum absolute atomic E-state index is 12.0. The molecule has 7 heteroatoms. The van der Waals surface area contributed by atoms with E-state index in [-0.39, 0.29) is 11.9 Å². The number of ether oxygens (including phenoxy) is 1. The quantitative estimate of drug-likeness (QED) is 0.803. The van der Waals surface area contributed by atoms with Gasteiger partial charge in [0.15, 0.2) is 0 Å². The maximum Gasteiger partial charge on any atom is 0.413 e. The molecule has 2 rings (SSSR count). The van der Waals surface area contributed by atoms with E-state index in [0.717, 1.165) is 0 Å². The molecule has 21 heavy (non-hydrogen) atoms. The Bertz CT molecular complexity index is 663. The first kappa shape index (κ1) is 14.8. The Balaban J connectivity index is 2.17. The highest BCUT2D eigenvalue weighted by Gasteiger charge is 2.10. The van der Waals surface area contributed by atoms with Crippen LogP contribution in [0, 0.1) is 5.92 Å². The summed E-state index contributed by atoms with van der Waals surface area (Å²) in [6.07, 6.45) is -0.607. The number of nitrogens with one attached hydrogen (secondary N) is 3. The van der Waals surface area contributed by atoms with Crippen LogP contribution in [0.25, 0.3) is 11.0 Å². The molecule has 1 aromatic heterocycles. The van der Waals surface area contributed by atoms with Gasteiger partial charge in [0, 0.05) is 12.1 Å². The summed E-state index contributed by atoms with van der Waals surface area (Å²) in [6.45, 7) is 4.68. The van der Waals surface area contributed by atoms with Crippen LogP contribution in [0.5, 0.6) is 0 Å². The van der Waals surface area contributed by atoms with Crippen LogP contribution < -0.4 is 10.6 Å². The molecule has 0 radical (unpaired) electrons. The fourth-order valence-corrected chi connectivity index (χ4v) is 1.76. The number of anilines is 1. The highest BCUT2D eigenvalue weighted by Crippen LogP contribution is 2.16. The minimum absolute atomic E-state index is 0.136. The number of aromatic amines is 1. The molecule has 112 valence electrons. The molecule has 1 heterocycles. The predicted octanol–water partition coefficient (Wildman–Crippen LogP) is 2.13. The Labute approximate surface area is 122 Å². The summed E-state index contributed by atoms with van der Waals surface area (Å²) in [6, 6.07) is 5.11. The molecule has 2 amide bonds. The van der Waals surface area contributed by atoms with Gasteiger partial charge < -0.3 is 15.0 Å². The summed E-state index contributed by atoms with van der Waals surface area (Å²) in [5.74, 6) is 0.528. The van der Waals surface area contributed by atoms with Crippen molar-refractivity contribution in [2.45, 2.75) is 13.8 Å². The van der Waals surface area contributed by atoms with E-state index in [1.165, 1.54) is 7.11 Å². The molecule has 0 unspecified atom stereocenters. The van der Waals surface area contributed by atoms with Crippen LogP contribution >= 0.6 is 0 Å². The van der Waals surface area contributed by atoms with Gasteiger partial charge in [0.1, 0.15) is 0 Å². The van der Waals surface area contributed by atoms with E-state index in [1.54, 1.807) is 18.2 Å². The molecule has 7 nitrogen and oxygen atoms in total. The molecular formula is C14H18N4O3. The molecule has 0 aliphatic heterocycles. The van der Waals surface area contributed by atoms with Gasteiger partial charge in [0.05, 0.1) is 18.1 Å². The zero-order valence-electron chi connectivity index (χ0n) is 12.2. The molecule has 1 aromatic carbocycles. The Hall–Kier alpha value is -2.57. The molecule has 0 bridgehead atoms. The third-order valence-corrected chi connectivity index (χ3v) is 2.82. The second-order valence-electron chi connectivity index (χ2n) is 5.04. The van der Waals surface area contributed by atoms with E-state index in [4.69, 9.17) is 0 Å². The number of aromatic nitrogens is 2. The topological polar surface area (TPSA) is 96.1 Å². The third kappa shape index (κ3) is 3.71. The van der Waals surface area contributed by atoms with E-state index in [0.29, 0.717) is 29.1 Å². The van der Waals surface area contributed by atoms with Crippen molar-refractivity contribution in [1.29, 1.82) is 0 Å². The summed E-state index contributed by atoms with van der Waals surface area (Å²) in [5, 5.41) is 5.29. The number of carbonyl (C=O) groups excluding carboxylic acids is 2. The number of methoxy groups -OCH3 is 1. The molecule has 0 atom stereocenters. The van der Waals surface area contributed by atoms with E-state index in [9.17, 15) is 9.59 Å². The monoisotopic (exact) mass is 290 g/mol. The first-order valence-electron chi connectivity index (χ1n) is 6.62. The second-order valence-corrected chi connectivity index (χ2v) is 5.04. The number of H-pyrrole nitrogens is 1. The number of rotatable bonds is 4. The third-order valence-electron chi connectivity index (χ3n) is 2.82. The lowest BCUT2D eigenvalue weighted by Crippen LogP contribution is -2.27. The first-order chi connectivity index (χ1) is 9.99. The van der Waals surface area contributed by atoms with Crippen molar-refractivity contribution in [2.75, 3.05) is 19.0 Å². The number of hydrogen-bond acceptors (Lipinski definition) is 4. The number of nitrogens with zero attached hydrogens (tertiary/aromatic N) is 1. The summed E-state index contributed by atoms with van der Waals surface area (Å²) in [7, 11) is 1.27. The number of imidazole rings is 1. The van der Waals surface area contributed by atoms with E-state index in [2.05, 4.69) is 25.3 Å². The molecular weight excluding hydrogens is 272 g/mol. The number of hydrogen-bond donors (Lipinski definition) is 3. The normalized spacial score (nSPS) is 10.7. The van der Waals surface area contributed by atoms with Crippen molar-refractivity contribution in [2.24, 2.45) is 5.92 Å². The van der Waals surface area contributed by atoms with Gasteiger partial charge in [0.25, 0.3) is 5.91 Å². The standard InChI is InChI=1S/C14H18N4O3/c1-8(2)7-15-12(19)9-4-5-10-11(6-9)17-13(16-10)18-14(20)21-3/h4-6,8H,7H2,1-3H3,(H,15,19)(H2,16,17,18,20). The van der Waals surface area contributed by atoms with Gasteiger partial charge in [-0.1, -0.05) is 13.8 Å². The van der Waals surface area contributed by atoms with E-state index < -0.39 is 6.09 Å². The van der Waals surface area contributed by atoms with Crippen LogP contribution in [0.4, 0.5) is 10.7 Å². The Morgan fingerprint density at radius 1 is 1.38 bits per heavy atom. The zero-order valence-corrected chi connectivity index (χ0v) is 12.2. The van der Waals surface area contributed by atoms with Crippen LogP contribution in [0.2, 0.25) is 0 Å². The van der Waals surface area contributed by atoms with Crippen LogP contribution in [0.3, 0.4) is 0 Å². The average molecular weight is 290 g/mol. The van der Waals surface area contributed by atoms with Crippen LogP contribution in [-0.2, 0) is 4.74 Å². The smallest absolute Gasteiger partial charge is 0.413 e. The first-order valence-corrected chi connectivity index (χ1v) is 6.62. The van der Waals surface area contributed by atoms with Crippen molar-refractivity contribution in [3.05, 3.63) is 23.8 Å². The Morgan fingerprint density at radius 2 is 2.14 bits per heavy atom. The van der Waals surface area contributed by atoms with Crippen LogP contribution in [0.15, 0.2) is 18.2 Å². The number of amides is 2. The number of fused-ring (bicyclic) bond motifs is 1. The fraction of sp³-hybridized carbons (Fsp3) is 0.357. The fourth-order valence-electron chi connectivity index (χ4n) is 1.76. The molecule has 0 saturated carbocycles. The van der Waals surface area contributed by atoms with Crippen LogP contribution in [-0.4, -0.2) is 35.6 Å². The van der Waals surface area contributed by atoms with E-state index >= 15 is 0 Å². The minimum Gasteiger partial charge on any atom is -0.453 e. The Morgan fingerprint density at radius 3 is 2.81 bits per heavy atom. The van der Waals surface area contributed by atoms with Gasteiger partial charge in [0.2, 0.25) is 5.95 Å². The lowest BCUT2D eigenvalue weighted by Gasteiger charge is -2.07. The van der Waals surface area contributed by atoms with Gasteiger partial charge in [-0.05, 0) is 24.1 Å². The van der Waals surface area contributed by atoms with Gasteiger partial charge in [-0.2, -0.15) is 0 Å². The Kier molecular flexibility index (Phi) is 4.42. The van der Waals surface area contributed by atoms with E-state index in [1.807, 2.05) is 13.8 Å². The van der Waals surface area contributed by atoms with Gasteiger partial charge in [-0.25, -0.2) is 9.78 Å². The SMILES string of the molecule is COC(=O)Nc1nc2ccc(C(=O)NCC(C)C)cc2[nH]1. The summed E-state index contributed by atoms with van der Waals surface area (Å²) < 4.78 is 4.49. The summed E-state index contributed by atoms with van der Waals surface area (Å²) in [4.78, 5) is 30.2. The van der Waals surface area contributed by atoms with Gasteiger partial charge in [-0.15, -0.1) is 0 Å². The molecule has 2 aromatic rings. The van der Waals surface area contributed by atoms with Crippen molar-refractivity contribution in [1.82, 2.24) is 15.3 Å². The lowest BCUT2D eigenvalue weighted by atomic mass is 10.1. The highest BCUT2D eigenvalue weighted by atomic mass is 16.5. The summed E-state index contributed by atoms with van der Waals surface area (Å²) in [5.41, 5.74) is 1.86. The number of carbonyl (C=O) groups is 2. The van der Waals surface area contributed by atoms with Crippen molar-refractivity contribution < 1.29 is 14.3 Å². The zero-order chi connectivity index (χ0) is 15.4. The minimum atomic E-state index is -0.607. The second kappa shape index (κ2) is 6.25. The summed E-state index contributed by atoms with van der Waals surface area (Å²) >= 11 is 0. The van der Waals surface area contributed by atoms with Crippen molar-refractivity contribution in [3.63, 3.8) is 0 Å². The molecule has 0 fully saturated rings. The molecule has 0 aliphatic carbocycles. The molecule has 3 N–H and O–H groups in total. The maximum atomic E-state index is 12.0. The lowest BCUT2D eigenvalue weighted by molar-refractivity contribution is 0.0949. The van der Waals surface area contributed by atoms with Crippen molar-refractivity contribution >= 4 is 29.0 Å². The molecule has 0 aliphatic rings. The van der Waals surface area contributed by atoms with Crippen molar-refractivity contribution in [3.8, 4) is 0 Å². The van der Waals surface area contributed by atoms with Gasteiger partial charge >= 0.3 is 6.09 Å². The molecule has 0 saturated heterocycles. The van der Waals surface area contributed by atoms with Crippen LogP contribution in [0.1, 0.15) is 24.2 Å². The largest absolute Gasteiger partial charge is 0.453 e. The highest BCUT2D eigenvalue weighted by molar-refractivity contribution is 5.97. The predicted molar refractivity (Wildman–Crippen MR) is 79.3 cm³/mol.